The SMILES string of the molecule is CNC(=O)c1cccc(-c2cccc(CC(=O)NCCCOc3ccc4c(c3)C3(CCC(Nc5cccc(Cl)c5)(C(=O)O)CC3)[C@@H](C[C@@H](C)COc3ccnc5c3[C@H](C)CCC5)C4)c2)n1. The second kappa shape index (κ2) is 20.1. The summed E-state index contributed by atoms with van der Waals surface area (Å²) in [6, 6.07) is 28.7. The van der Waals surface area contributed by atoms with Gasteiger partial charge < -0.3 is 30.5 Å². The van der Waals surface area contributed by atoms with E-state index in [1.807, 2.05) is 60.8 Å². The lowest BCUT2D eigenvalue weighted by Crippen LogP contribution is -2.53. The summed E-state index contributed by atoms with van der Waals surface area (Å²) in [6.45, 7) is 6.04. The Bertz CT molecular complexity index is 2520. The molecule has 3 atom stereocenters. The fourth-order valence-corrected chi connectivity index (χ4v) is 10.8. The molecule has 1 saturated carbocycles. The molecule has 1 spiro atoms. The number of carbonyl (C=O) groups is 3. The second-order valence-electron chi connectivity index (χ2n) is 18.4. The molecule has 1 fully saturated rings. The minimum Gasteiger partial charge on any atom is -0.494 e. The van der Waals surface area contributed by atoms with Crippen LogP contribution in [0.4, 0.5) is 5.69 Å². The van der Waals surface area contributed by atoms with Crippen LogP contribution in [0.25, 0.3) is 11.3 Å². The molecule has 0 saturated heterocycles. The van der Waals surface area contributed by atoms with Crippen molar-refractivity contribution in [2.75, 3.05) is 32.1 Å². The number of aromatic nitrogens is 2. The molecule has 3 aliphatic carbocycles. The predicted octanol–water partition coefficient (Wildman–Crippen LogP) is 9.75. The van der Waals surface area contributed by atoms with Gasteiger partial charge in [0, 0.05) is 47.3 Å². The zero-order chi connectivity index (χ0) is 45.6. The highest BCUT2D eigenvalue weighted by Gasteiger charge is 2.54. The molecule has 11 nitrogen and oxygen atoms in total. The van der Waals surface area contributed by atoms with Crippen LogP contribution in [0.1, 0.15) is 110 Å². The molecule has 3 aliphatic rings. The molecule has 2 heterocycles. The number of benzene rings is 3. The number of anilines is 1. The molecule has 0 aliphatic heterocycles. The number of nitrogens with zero attached hydrogens (tertiary/aromatic N) is 2. The minimum absolute atomic E-state index is 0.0892. The van der Waals surface area contributed by atoms with Crippen LogP contribution >= 0.6 is 11.6 Å². The number of pyridine rings is 2. The molecule has 8 rings (SSSR count). The smallest absolute Gasteiger partial charge is 0.329 e. The van der Waals surface area contributed by atoms with Gasteiger partial charge in [0.1, 0.15) is 22.7 Å². The van der Waals surface area contributed by atoms with Gasteiger partial charge >= 0.3 is 5.97 Å². The van der Waals surface area contributed by atoms with Gasteiger partial charge in [-0.05, 0) is 159 Å². The van der Waals surface area contributed by atoms with E-state index in [1.165, 1.54) is 16.7 Å². The Morgan fingerprint density at radius 2 is 1.77 bits per heavy atom. The highest BCUT2D eigenvalue weighted by molar-refractivity contribution is 6.30. The van der Waals surface area contributed by atoms with Gasteiger partial charge in [0.2, 0.25) is 5.91 Å². The summed E-state index contributed by atoms with van der Waals surface area (Å²) >= 11 is 6.32. The van der Waals surface area contributed by atoms with Crippen LogP contribution < -0.4 is 25.4 Å². The Balaban J connectivity index is 0.915. The van der Waals surface area contributed by atoms with Crippen LogP contribution in [0.2, 0.25) is 5.02 Å². The van der Waals surface area contributed by atoms with E-state index in [9.17, 15) is 19.5 Å². The molecular weight excluding hydrogens is 838 g/mol. The zero-order valence-electron chi connectivity index (χ0n) is 37.6. The standard InChI is InChI=1S/C53H60ClN5O6/c1-34(33-65-47-19-25-56-45-15-4-9-35(2)49(45)47)27-39-30-37-17-18-42(32-43(37)52(39)20-22-53(23-21-52,51(62)63)59-41-13-6-12-40(54)31-41)64-26-8-24-57-48(60)29-36-10-5-11-38(28-36)44-14-7-16-46(58-44)50(61)55-3/h5-7,10-14,16-19,25,28,31-32,34-35,39,59H,4,8-9,15,20-24,26-27,29-30,33H2,1-3H3,(H,55,61)(H,57,60)(H,62,63)/t34-,35-,39+,52?,53?/m1/s1. The molecular formula is C53H60ClN5O6. The minimum atomic E-state index is -1.12. The molecule has 65 heavy (non-hydrogen) atoms. The van der Waals surface area contributed by atoms with E-state index in [-0.39, 0.29) is 29.6 Å². The van der Waals surface area contributed by atoms with Gasteiger partial charge in [-0.25, -0.2) is 9.78 Å². The summed E-state index contributed by atoms with van der Waals surface area (Å²) in [5.74, 6) is 1.54. The summed E-state index contributed by atoms with van der Waals surface area (Å²) < 4.78 is 13.0. The molecule has 0 unspecified atom stereocenters. The Hall–Kier alpha value is -5.94. The Morgan fingerprint density at radius 3 is 2.57 bits per heavy atom. The topological polar surface area (TPSA) is 152 Å². The highest BCUT2D eigenvalue weighted by Crippen LogP contribution is 2.57. The number of nitrogens with one attached hydrogen (secondary N) is 3. The van der Waals surface area contributed by atoms with Gasteiger partial charge in [0.05, 0.1) is 25.3 Å². The average Bonchev–Trinajstić information content (AvgIpc) is 3.59. The van der Waals surface area contributed by atoms with E-state index in [1.54, 1.807) is 31.3 Å². The first-order valence-corrected chi connectivity index (χ1v) is 23.5. The van der Waals surface area contributed by atoms with Crippen LogP contribution in [0.3, 0.4) is 0 Å². The first-order chi connectivity index (χ1) is 31.4. The third-order valence-corrected chi connectivity index (χ3v) is 14.2. The second-order valence-corrected chi connectivity index (χ2v) is 18.9. The average molecular weight is 899 g/mol. The van der Waals surface area contributed by atoms with Crippen LogP contribution in [0.5, 0.6) is 11.5 Å². The van der Waals surface area contributed by atoms with Crippen LogP contribution in [-0.2, 0) is 34.3 Å². The van der Waals surface area contributed by atoms with Crippen molar-refractivity contribution in [3.05, 3.63) is 136 Å². The van der Waals surface area contributed by atoms with Crippen molar-refractivity contribution in [1.29, 1.82) is 0 Å². The van der Waals surface area contributed by atoms with Crippen molar-refractivity contribution >= 4 is 35.1 Å². The number of rotatable bonds is 17. The van der Waals surface area contributed by atoms with Crippen molar-refractivity contribution in [2.24, 2.45) is 11.8 Å². The van der Waals surface area contributed by atoms with E-state index < -0.39 is 11.5 Å². The lowest BCUT2D eigenvalue weighted by molar-refractivity contribution is -0.144. The third kappa shape index (κ3) is 10.3. The van der Waals surface area contributed by atoms with E-state index in [0.717, 1.165) is 60.4 Å². The molecule has 0 radical (unpaired) electrons. The molecule has 12 heteroatoms. The first kappa shape index (κ1) is 45.6. The first-order valence-electron chi connectivity index (χ1n) is 23.1. The molecule has 2 amide bonds. The van der Waals surface area contributed by atoms with Gasteiger partial charge in [-0.1, -0.05) is 61.8 Å². The van der Waals surface area contributed by atoms with Crippen molar-refractivity contribution in [3.8, 4) is 22.8 Å². The molecule has 4 N–H and O–H groups in total. The Kier molecular flexibility index (Phi) is 14.1. The summed E-state index contributed by atoms with van der Waals surface area (Å²) in [7, 11) is 1.57. The third-order valence-electron chi connectivity index (χ3n) is 14.0. The molecule has 3 aromatic carbocycles. The maximum atomic E-state index is 13.1. The van der Waals surface area contributed by atoms with Crippen LogP contribution in [0, 0.1) is 11.8 Å². The van der Waals surface area contributed by atoms with E-state index in [0.29, 0.717) is 85.8 Å². The van der Waals surface area contributed by atoms with Gasteiger partial charge in [0.15, 0.2) is 0 Å². The van der Waals surface area contributed by atoms with Gasteiger partial charge in [-0.2, -0.15) is 0 Å². The van der Waals surface area contributed by atoms with Crippen molar-refractivity contribution in [1.82, 2.24) is 20.6 Å². The number of aliphatic carboxylic acids is 1. The molecule has 2 aromatic heterocycles. The fraction of sp³-hybridized carbons (Fsp3) is 0.415. The summed E-state index contributed by atoms with van der Waals surface area (Å²) in [4.78, 5) is 47.4. The number of hydrogen-bond donors (Lipinski definition) is 4. The number of carbonyl (C=O) groups excluding carboxylic acids is 2. The quantitative estimate of drug-likeness (QED) is 0.0669. The maximum absolute atomic E-state index is 13.1. The van der Waals surface area contributed by atoms with Crippen LogP contribution in [0.15, 0.2) is 97.2 Å². The van der Waals surface area contributed by atoms with E-state index in [4.69, 9.17) is 21.1 Å². The van der Waals surface area contributed by atoms with Crippen molar-refractivity contribution in [2.45, 2.75) is 101 Å². The number of amides is 2. The van der Waals surface area contributed by atoms with Crippen LogP contribution in [-0.4, -0.2) is 65.2 Å². The summed E-state index contributed by atoms with van der Waals surface area (Å²) in [5, 5.41) is 20.3. The number of carboxylic acid groups (broad SMARTS) is 1. The van der Waals surface area contributed by atoms with E-state index in [2.05, 4.69) is 51.9 Å². The number of ether oxygens (including phenoxy) is 2. The molecule has 340 valence electrons. The summed E-state index contributed by atoms with van der Waals surface area (Å²) in [5.41, 5.74) is 7.02. The van der Waals surface area contributed by atoms with Crippen molar-refractivity contribution in [3.63, 3.8) is 0 Å². The van der Waals surface area contributed by atoms with E-state index >= 15 is 0 Å². The van der Waals surface area contributed by atoms with Crippen molar-refractivity contribution < 1.29 is 29.0 Å². The Labute approximate surface area is 387 Å². The number of halogens is 1. The van der Waals surface area contributed by atoms with Gasteiger partial charge in [-0.3, -0.25) is 14.6 Å². The number of carboxylic acids is 1. The number of aryl methyl sites for hydroxylation is 1. The highest BCUT2D eigenvalue weighted by atomic mass is 35.5. The number of fused-ring (bicyclic) bond motifs is 3. The summed E-state index contributed by atoms with van der Waals surface area (Å²) in [6.07, 6.45) is 10.2. The predicted molar refractivity (Wildman–Crippen MR) is 254 cm³/mol. The Morgan fingerprint density at radius 1 is 0.954 bits per heavy atom. The van der Waals surface area contributed by atoms with Gasteiger partial charge in [-0.15, -0.1) is 0 Å². The maximum Gasteiger partial charge on any atom is 0.329 e. The zero-order valence-corrected chi connectivity index (χ0v) is 38.4. The fourth-order valence-electron chi connectivity index (χ4n) is 10.6. The lowest BCUT2D eigenvalue weighted by atomic mass is 9.59. The molecule has 0 bridgehead atoms. The number of hydrogen-bond acceptors (Lipinski definition) is 8. The normalized spacial score (nSPS) is 21.4. The van der Waals surface area contributed by atoms with Gasteiger partial charge in [0.25, 0.3) is 5.91 Å². The largest absolute Gasteiger partial charge is 0.494 e. The molecule has 5 aromatic rings. The lowest BCUT2D eigenvalue weighted by Gasteiger charge is -2.47. The monoisotopic (exact) mass is 897 g/mol.